The zero-order valence-corrected chi connectivity index (χ0v) is 22.1. The van der Waals surface area contributed by atoms with E-state index in [1.54, 1.807) is 18.1 Å². The van der Waals surface area contributed by atoms with Crippen LogP contribution in [-0.2, 0) is 4.74 Å². The van der Waals surface area contributed by atoms with Crippen molar-refractivity contribution in [3.63, 3.8) is 0 Å². The zero-order chi connectivity index (χ0) is 25.7. The third-order valence-corrected chi connectivity index (χ3v) is 8.02. The van der Waals surface area contributed by atoms with Crippen LogP contribution in [0.2, 0.25) is 0 Å². The van der Waals surface area contributed by atoms with Crippen LogP contribution in [0.4, 0.5) is 22.0 Å². The molecule has 5 heterocycles. The van der Waals surface area contributed by atoms with Gasteiger partial charge in [-0.05, 0) is 49.2 Å². The molecule has 11 heteroatoms. The Labute approximate surface area is 225 Å². The van der Waals surface area contributed by atoms with Crippen LogP contribution in [-0.4, -0.2) is 95.2 Å². The van der Waals surface area contributed by atoms with E-state index in [1.807, 2.05) is 23.2 Å². The summed E-state index contributed by atoms with van der Waals surface area (Å²) in [6, 6.07) is 8.27. The van der Waals surface area contributed by atoms with E-state index < -0.39 is 0 Å². The van der Waals surface area contributed by atoms with Crippen LogP contribution in [0.25, 0.3) is 16.6 Å². The minimum atomic E-state index is 0.00480. The maximum absolute atomic E-state index is 12.6. The summed E-state index contributed by atoms with van der Waals surface area (Å²) in [5.41, 5.74) is 4.97. The zero-order valence-electron chi connectivity index (χ0n) is 21.3. The Morgan fingerprint density at radius 2 is 2.08 bits per heavy atom. The number of carbonyl (C=O) groups is 1. The Balaban J connectivity index is 1.06. The number of aromatic amines is 1. The first-order valence-electron chi connectivity index (χ1n) is 13.2. The normalized spacial score (nSPS) is 17.8. The molecule has 2 amide bonds. The van der Waals surface area contributed by atoms with Gasteiger partial charge in [0.15, 0.2) is 0 Å². The monoisotopic (exact) mass is 532 g/mol. The largest absolute Gasteiger partial charge is 0.379 e. The first-order valence-corrected chi connectivity index (χ1v) is 14.1. The lowest BCUT2D eigenvalue weighted by Gasteiger charge is -2.28. The molecule has 0 unspecified atom stereocenters. The van der Waals surface area contributed by atoms with E-state index in [0.29, 0.717) is 19.6 Å². The highest BCUT2D eigenvalue weighted by atomic mass is 32.2. The van der Waals surface area contributed by atoms with Gasteiger partial charge in [-0.25, -0.2) is 14.8 Å². The van der Waals surface area contributed by atoms with Crippen molar-refractivity contribution in [3.05, 3.63) is 42.4 Å². The maximum atomic E-state index is 12.6. The summed E-state index contributed by atoms with van der Waals surface area (Å²) in [7, 11) is 0. The molecule has 3 aromatic rings. The molecule has 2 aromatic heterocycles. The average molecular weight is 533 g/mol. The third-order valence-electron chi connectivity index (χ3n) is 7.07. The number of fused-ring (bicyclic) bond motifs is 2. The second kappa shape index (κ2) is 11.5. The molecule has 10 nitrogen and oxygen atoms in total. The van der Waals surface area contributed by atoms with Crippen LogP contribution >= 0.6 is 11.8 Å². The maximum Gasteiger partial charge on any atom is 0.317 e. The number of ether oxygens (including phenoxy) is 1. The number of hydrogen-bond acceptors (Lipinski definition) is 8. The number of benzene rings is 1. The third kappa shape index (κ3) is 5.69. The molecule has 0 spiro atoms. The molecule has 1 saturated heterocycles. The summed E-state index contributed by atoms with van der Waals surface area (Å²) in [5, 5.41) is 7.47. The SMILES string of the molecule is O=C(NCCCN1CCOCC1)N1CC=C(c2cc3c(Nc4ccc5c(c4)SCC=N5)ncnc3[nH]2)CC1. The average Bonchev–Trinajstić information content (AvgIpc) is 3.41. The van der Waals surface area contributed by atoms with E-state index in [0.717, 1.165) is 90.3 Å². The van der Waals surface area contributed by atoms with E-state index in [1.165, 1.54) is 5.57 Å². The Hall–Kier alpha value is -3.41. The fourth-order valence-corrected chi connectivity index (χ4v) is 5.77. The molecule has 3 N–H and O–H groups in total. The first-order chi connectivity index (χ1) is 18.7. The number of amides is 2. The lowest BCUT2D eigenvalue weighted by atomic mass is 10.1. The van der Waals surface area contributed by atoms with Gasteiger partial charge in [-0.1, -0.05) is 6.08 Å². The van der Waals surface area contributed by atoms with E-state index >= 15 is 0 Å². The minimum absolute atomic E-state index is 0.00480. The van der Waals surface area contributed by atoms with E-state index in [-0.39, 0.29) is 6.03 Å². The molecule has 38 heavy (non-hydrogen) atoms. The topological polar surface area (TPSA) is 111 Å². The van der Waals surface area contributed by atoms with E-state index in [4.69, 9.17) is 4.74 Å². The van der Waals surface area contributed by atoms with Crippen molar-refractivity contribution in [1.82, 2.24) is 30.1 Å². The van der Waals surface area contributed by atoms with Gasteiger partial charge in [-0.2, -0.15) is 0 Å². The van der Waals surface area contributed by atoms with Crippen LogP contribution in [0.3, 0.4) is 0 Å². The molecule has 0 bridgehead atoms. The van der Waals surface area contributed by atoms with Crippen LogP contribution in [0.15, 0.2) is 46.6 Å². The molecule has 0 radical (unpaired) electrons. The van der Waals surface area contributed by atoms with Gasteiger partial charge in [0.1, 0.15) is 17.8 Å². The number of morpholine rings is 1. The second-order valence-corrected chi connectivity index (χ2v) is 10.6. The number of aliphatic imine (C=N–C) groups is 1. The molecular weight excluding hydrogens is 500 g/mol. The number of carbonyl (C=O) groups excluding carboxylic acids is 1. The fourth-order valence-electron chi connectivity index (χ4n) is 4.96. The van der Waals surface area contributed by atoms with Gasteiger partial charge < -0.3 is 25.3 Å². The number of aromatic nitrogens is 3. The molecule has 3 aliphatic heterocycles. The predicted octanol–water partition coefficient (Wildman–Crippen LogP) is 4.03. The molecular formula is C27H32N8O2S. The quantitative estimate of drug-likeness (QED) is 0.394. The highest BCUT2D eigenvalue weighted by Gasteiger charge is 2.20. The Morgan fingerprint density at radius 3 is 2.95 bits per heavy atom. The second-order valence-electron chi connectivity index (χ2n) is 9.56. The number of thioether (sulfide) groups is 1. The van der Waals surface area contributed by atoms with Crippen LogP contribution in [0.5, 0.6) is 0 Å². The van der Waals surface area contributed by atoms with Gasteiger partial charge in [-0.3, -0.25) is 9.89 Å². The summed E-state index contributed by atoms with van der Waals surface area (Å²) in [5.74, 6) is 1.65. The summed E-state index contributed by atoms with van der Waals surface area (Å²) in [6.07, 6.45) is 7.37. The molecule has 1 aromatic carbocycles. The first kappa shape index (κ1) is 24.9. The van der Waals surface area contributed by atoms with Gasteiger partial charge in [0.2, 0.25) is 0 Å². The Morgan fingerprint density at radius 1 is 1.16 bits per heavy atom. The summed E-state index contributed by atoms with van der Waals surface area (Å²) < 4.78 is 5.39. The standard InChI is InChI=1S/C27H32N8O2S/c36-27(29-6-1-8-34-11-13-37-14-12-34)35-9-4-19(5-10-35)23-17-21-25(30-18-31-26(21)33-23)32-20-2-3-22-24(16-20)38-15-7-28-22/h2-4,7,16-18H,1,5-6,8-15H2,(H,29,36)(H2,30,31,32,33). The van der Waals surface area contributed by atoms with Gasteiger partial charge >= 0.3 is 6.03 Å². The molecule has 0 aliphatic carbocycles. The molecule has 198 valence electrons. The molecule has 0 saturated carbocycles. The number of nitrogens with one attached hydrogen (secondary N) is 3. The Kier molecular flexibility index (Phi) is 7.56. The smallest absolute Gasteiger partial charge is 0.317 e. The van der Waals surface area contributed by atoms with Gasteiger partial charge in [0.25, 0.3) is 0 Å². The van der Waals surface area contributed by atoms with Crippen molar-refractivity contribution in [3.8, 4) is 0 Å². The number of nitrogens with zero attached hydrogens (tertiary/aromatic N) is 5. The minimum Gasteiger partial charge on any atom is -0.379 e. The molecule has 0 atom stereocenters. The number of hydrogen-bond donors (Lipinski definition) is 3. The number of anilines is 2. The molecule has 1 fully saturated rings. The van der Waals surface area contributed by atoms with Crippen molar-refractivity contribution in [2.75, 3.05) is 63.6 Å². The van der Waals surface area contributed by atoms with E-state index in [2.05, 4.69) is 53.7 Å². The Bertz CT molecular complexity index is 1360. The van der Waals surface area contributed by atoms with Crippen molar-refractivity contribution in [1.29, 1.82) is 0 Å². The summed E-state index contributed by atoms with van der Waals surface area (Å²) in [6.45, 7) is 6.53. The molecule has 3 aliphatic rings. The van der Waals surface area contributed by atoms with Crippen molar-refractivity contribution < 1.29 is 9.53 Å². The lowest BCUT2D eigenvalue weighted by Crippen LogP contribution is -2.43. The van der Waals surface area contributed by atoms with Crippen LogP contribution < -0.4 is 10.6 Å². The van der Waals surface area contributed by atoms with Gasteiger partial charge in [0, 0.05) is 61.0 Å². The number of urea groups is 1. The van der Waals surface area contributed by atoms with Crippen LogP contribution in [0.1, 0.15) is 18.5 Å². The van der Waals surface area contributed by atoms with E-state index in [9.17, 15) is 4.79 Å². The molecule has 6 rings (SSSR count). The number of rotatable bonds is 7. The highest BCUT2D eigenvalue weighted by molar-refractivity contribution is 8.00. The van der Waals surface area contributed by atoms with Gasteiger partial charge in [-0.15, -0.1) is 11.8 Å². The van der Waals surface area contributed by atoms with Crippen LogP contribution in [0, 0.1) is 0 Å². The lowest BCUT2D eigenvalue weighted by molar-refractivity contribution is 0.0375. The highest BCUT2D eigenvalue weighted by Crippen LogP contribution is 2.36. The van der Waals surface area contributed by atoms with Gasteiger partial charge in [0.05, 0.1) is 24.3 Å². The van der Waals surface area contributed by atoms with Crippen molar-refractivity contribution in [2.24, 2.45) is 4.99 Å². The summed E-state index contributed by atoms with van der Waals surface area (Å²) in [4.78, 5) is 34.9. The van der Waals surface area contributed by atoms with Crippen molar-refractivity contribution >= 4 is 57.8 Å². The van der Waals surface area contributed by atoms with Crippen molar-refractivity contribution in [2.45, 2.75) is 17.7 Å². The fraction of sp³-hybridized carbons (Fsp3) is 0.407. The summed E-state index contributed by atoms with van der Waals surface area (Å²) >= 11 is 1.78. The number of H-pyrrole nitrogens is 1. The predicted molar refractivity (Wildman–Crippen MR) is 152 cm³/mol.